The second-order valence-electron chi connectivity index (χ2n) is 3.79. The third-order valence-corrected chi connectivity index (χ3v) is 3.66. The molecule has 0 atom stereocenters. The zero-order valence-electron chi connectivity index (χ0n) is 9.52. The van der Waals surface area contributed by atoms with Crippen LogP contribution in [0.4, 0.5) is 0 Å². The number of hydrogen-bond donors (Lipinski definition) is 1. The van der Waals surface area contributed by atoms with Crippen molar-refractivity contribution >= 4 is 33.5 Å². The number of aromatic nitrogens is 2. The third kappa shape index (κ3) is 2.42. The van der Waals surface area contributed by atoms with Crippen LogP contribution in [0.5, 0.6) is 0 Å². The van der Waals surface area contributed by atoms with Crippen molar-refractivity contribution in [3.05, 3.63) is 45.1 Å². The maximum absolute atomic E-state index is 10.8. The number of carboxylic acids is 1. The van der Waals surface area contributed by atoms with Gasteiger partial charge in [-0.1, -0.05) is 23.7 Å². The zero-order chi connectivity index (χ0) is 13.3. The van der Waals surface area contributed by atoms with Crippen LogP contribution in [0.25, 0.3) is 5.69 Å². The van der Waals surface area contributed by atoms with E-state index < -0.39 is 5.97 Å². The predicted molar refractivity (Wildman–Crippen MR) is 72.4 cm³/mol. The Morgan fingerprint density at radius 3 is 2.78 bits per heavy atom. The van der Waals surface area contributed by atoms with Crippen LogP contribution in [0, 0.1) is 6.92 Å². The van der Waals surface area contributed by atoms with Gasteiger partial charge in [0.2, 0.25) is 0 Å². The second-order valence-corrected chi connectivity index (χ2v) is 4.95. The summed E-state index contributed by atoms with van der Waals surface area (Å²) >= 11 is 9.48. The Labute approximate surface area is 117 Å². The molecule has 0 aliphatic rings. The van der Waals surface area contributed by atoms with Crippen molar-refractivity contribution in [1.29, 1.82) is 0 Å². The van der Waals surface area contributed by atoms with Gasteiger partial charge in [0.05, 0.1) is 22.8 Å². The van der Waals surface area contributed by atoms with Crippen molar-refractivity contribution in [3.8, 4) is 5.69 Å². The van der Waals surface area contributed by atoms with E-state index in [4.69, 9.17) is 16.7 Å². The molecule has 0 unspecified atom stereocenters. The number of hydrogen-bond acceptors (Lipinski definition) is 2. The molecule has 0 amide bonds. The Morgan fingerprint density at radius 2 is 2.17 bits per heavy atom. The van der Waals surface area contributed by atoms with E-state index in [-0.39, 0.29) is 6.42 Å². The Balaban J connectivity index is 2.54. The quantitative estimate of drug-likeness (QED) is 0.940. The van der Waals surface area contributed by atoms with Gasteiger partial charge in [-0.15, -0.1) is 0 Å². The molecule has 18 heavy (non-hydrogen) atoms. The minimum atomic E-state index is -0.891. The van der Waals surface area contributed by atoms with E-state index in [1.165, 1.54) is 0 Å². The predicted octanol–water partition coefficient (Wildman–Crippen LogP) is 3.22. The van der Waals surface area contributed by atoms with Crippen molar-refractivity contribution in [1.82, 2.24) is 9.78 Å². The van der Waals surface area contributed by atoms with Crippen LogP contribution >= 0.6 is 27.5 Å². The normalized spacial score (nSPS) is 10.6. The molecule has 0 fully saturated rings. The van der Waals surface area contributed by atoms with E-state index in [2.05, 4.69) is 21.0 Å². The topological polar surface area (TPSA) is 55.1 Å². The molecule has 0 aliphatic carbocycles. The lowest BCUT2D eigenvalue weighted by Crippen LogP contribution is -2.02. The average Bonchev–Trinajstić information content (AvgIpc) is 2.57. The first-order valence-electron chi connectivity index (χ1n) is 5.21. The highest BCUT2D eigenvalue weighted by Gasteiger charge is 2.17. The first-order valence-corrected chi connectivity index (χ1v) is 6.38. The fraction of sp³-hybridized carbons (Fsp3) is 0.167. The van der Waals surface area contributed by atoms with Crippen LogP contribution in [0.2, 0.25) is 5.02 Å². The molecular weight excluding hydrogens is 320 g/mol. The third-order valence-electron chi connectivity index (χ3n) is 2.53. The smallest absolute Gasteiger partial charge is 0.307 e. The number of halogens is 2. The molecule has 2 aromatic rings. The van der Waals surface area contributed by atoms with E-state index in [9.17, 15) is 4.79 Å². The first-order chi connectivity index (χ1) is 8.50. The summed E-state index contributed by atoms with van der Waals surface area (Å²) in [6.45, 7) is 1.77. The largest absolute Gasteiger partial charge is 0.481 e. The minimum Gasteiger partial charge on any atom is -0.481 e. The van der Waals surface area contributed by atoms with E-state index in [1.54, 1.807) is 17.7 Å². The molecule has 0 saturated carbocycles. The minimum absolute atomic E-state index is 0.0726. The summed E-state index contributed by atoms with van der Waals surface area (Å²) in [5.74, 6) is -0.891. The fourth-order valence-electron chi connectivity index (χ4n) is 1.67. The molecule has 4 nitrogen and oxygen atoms in total. The molecule has 0 spiro atoms. The molecule has 1 heterocycles. The van der Waals surface area contributed by atoms with Gasteiger partial charge in [-0.2, -0.15) is 5.10 Å². The molecule has 1 aromatic carbocycles. The average molecular weight is 330 g/mol. The monoisotopic (exact) mass is 328 g/mol. The number of aryl methyl sites for hydroxylation is 1. The highest BCUT2D eigenvalue weighted by Crippen LogP contribution is 2.28. The van der Waals surface area contributed by atoms with Gasteiger partial charge in [-0.05, 0) is 35.0 Å². The summed E-state index contributed by atoms with van der Waals surface area (Å²) in [5, 5.41) is 13.7. The van der Waals surface area contributed by atoms with E-state index in [1.807, 2.05) is 18.2 Å². The lowest BCUT2D eigenvalue weighted by molar-refractivity contribution is -0.136. The highest BCUT2D eigenvalue weighted by atomic mass is 79.9. The van der Waals surface area contributed by atoms with E-state index in [0.717, 1.165) is 0 Å². The maximum Gasteiger partial charge on any atom is 0.307 e. The number of benzene rings is 1. The van der Waals surface area contributed by atoms with Gasteiger partial charge >= 0.3 is 5.97 Å². The lowest BCUT2D eigenvalue weighted by Gasteiger charge is -2.05. The molecule has 0 bridgehead atoms. The number of para-hydroxylation sites is 1. The van der Waals surface area contributed by atoms with E-state index >= 15 is 0 Å². The number of carbonyl (C=O) groups is 1. The number of rotatable bonds is 3. The molecule has 6 heteroatoms. The highest BCUT2D eigenvalue weighted by molar-refractivity contribution is 9.10. The Bertz CT molecular complexity index is 610. The van der Waals surface area contributed by atoms with Crippen molar-refractivity contribution in [2.75, 3.05) is 0 Å². The molecule has 1 N–H and O–H groups in total. The lowest BCUT2D eigenvalue weighted by atomic mass is 10.2. The first kappa shape index (κ1) is 13.1. The van der Waals surface area contributed by atoms with Gasteiger partial charge < -0.3 is 5.11 Å². The fourth-order valence-corrected chi connectivity index (χ4v) is 2.58. The van der Waals surface area contributed by atoms with E-state index in [0.29, 0.717) is 26.6 Å². The Morgan fingerprint density at radius 1 is 1.50 bits per heavy atom. The molecule has 1 aromatic heterocycles. The van der Waals surface area contributed by atoms with Crippen molar-refractivity contribution in [2.45, 2.75) is 13.3 Å². The van der Waals surface area contributed by atoms with Gasteiger partial charge in [0, 0.05) is 5.56 Å². The second kappa shape index (κ2) is 5.12. The van der Waals surface area contributed by atoms with Crippen molar-refractivity contribution < 1.29 is 9.90 Å². The van der Waals surface area contributed by atoms with Gasteiger partial charge in [0.25, 0.3) is 0 Å². The molecular formula is C12H10BrClN2O2. The zero-order valence-corrected chi connectivity index (χ0v) is 11.9. The van der Waals surface area contributed by atoms with Crippen LogP contribution in [0.1, 0.15) is 11.3 Å². The molecule has 0 radical (unpaired) electrons. The van der Waals surface area contributed by atoms with Crippen LogP contribution < -0.4 is 0 Å². The van der Waals surface area contributed by atoms with Crippen molar-refractivity contribution in [2.24, 2.45) is 0 Å². The van der Waals surface area contributed by atoms with Gasteiger partial charge in [0.1, 0.15) is 4.60 Å². The summed E-state index contributed by atoms with van der Waals surface area (Å²) in [4.78, 5) is 10.8. The van der Waals surface area contributed by atoms with Crippen LogP contribution in [0.3, 0.4) is 0 Å². The van der Waals surface area contributed by atoms with Gasteiger partial charge in [-0.25, -0.2) is 4.68 Å². The maximum atomic E-state index is 10.8. The molecule has 2 rings (SSSR count). The summed E-state index contributed by atoms with van der Waals surface area (Å²) in [6.07, 6.45) is -0.0726. The number of aliphatic carboxylic acids is 1. The summed E-state index contributed by atoms with van der Waals surface area (Å²) in [6, 6.07) is 7.26. The molecule has 0 saturated heterocycles. The molecule has 94 valence electrons. The van der Waals surface area contributed by atoms with Crippen LogP contribution in [-0.4, -0.2) is 20.9 Å². The number of carboxylic acid groups (broad SMARTS) is 1. The van der Waals surface area contributed by atoms with Crippen LogP contribution in [0.15, 0.2) is 28.9 Å². The summed E-state index contributed by atoms with van der Waals surface area (Å²) in [5.41, 5.74) is 2.04. The molecule has 0 aliphatic heterocycles. The van der Waals surface area contributed by atoms with Crippen molar-refractivity contribution in [3.63, 3.8) is 0 Å². The van der Waals surface area contributed by atoms with Gasteiger partial charge in [0.15, 0.2) is 0 Å². The van der Waals surface area contributed by atoms with Crippen LogP contribution in [-0.2, 0) is 11.2 Å². The standard InChI is InChI=1S/C12H10BrClN2O2/c1-7-8(6-11(17)18)12(13)16(15-7)10-5-3-2-4-9(10)14/h2-5H,6H2,1H3,(H,17,18). The van der Waals surface area contributed by atoms with Gasteiger partial charge in [-0.3, -0.25) is 4.79 Å². The SMILES string of the molecule is Cc1nn(-c2ccccc2Cl)c(Br)c1CC(=O)O. The summed E-state index contributed by atoms with van der Waals surface area (Å²) in [7, 11) is 0. The summed E-state index contributed by atoms with van der Waals surface area (Å²) < 4.78 is 2.23. The Hall–Kier alpha value is -1.33. The Kier molecular flexibility index (Phi) is 3.73. The number of nitrogens with zero attached hydrogens (tertiary/aromatic N) is 2.